The molecule has 2 amide bonds. The lowest BCUT2D eigenvalue weighted by Gasteiger charge is -2.40. The van der Waals surface area contributed by atoms with Crippen molar-refractivity contribution in [2.24, 2.45) is 0 Å². The lowest BCUT2D eigenvalue weighted by molar-refractivity contribution is -0.142. The molecule has 0 bridgehead atoms. The molecule has 8 nitrogen and oxygen atoms in total. The summed E-state index contributed by atoms with van der Waals surface area (Å²) < 4.78 is 5.56. The number of imidazole rings is 1. The van der Waals surface area contributed by atoms with E-state index in [1.165, 1.54) is 0 Å². The van der Waals surface area contributed by atoms with Gasteiger partial charge in [0.05, 0.1) is 36.5 Å². The molecule has 178 valence electrons. The van der Waals surface area contributed by atoms with Crippen molar-refractivity contribution in [2.75, 3.05) is 26.7 Å². The maximum atomic E-state index is 13.3. The van der Waals surface area contributed by atoms with E-state index in [9.17, 15) is 9.59 Å². The fourth-order valence-electron chi connectivity index (χ4n) is 4.56. The van der Waals surface area contributed by atoms with Crippen LogP contribution >= 0.6 is 0 Å². The topological polar surface area (TPSA) is 91.4 Å². The van der Waals surface area contributed by atoms with Crippen molar-refractivity contribution in [3.63, 3.8) is 0 Å². The molecule has 1 saturated heterocycles. The number of amides is 2. The highest BCUT2D eigenvalue weighted by molar-refractivity contribution is 5.85. The number of piperazine rings is 1. The summed E-state index contributed by atoms with van der Waals surface area (Å²) in [5, 5.41) is 0.986. The molecule has 0 aliphatic carbocycles. The predicted molar refractivity (Wildman–Crippen MR) is 133 cm³/mol. The number of rotatable bonds is 5. The normalized spacial score (nSPS) is 15.9. The molecule has 1 N–H and O–H groups in total. The minimum Gasteiger partial charge on any atom is -0.480 e. The first-order valence-electron chi connectivity index (χ1n) is 11.6. The second kappa shape index (κ2) is 9.58. The quantitative estimate of drug-likeness (QED) is 0.482. The highest BCUT2D eigenvalue weighted by Gasteiger charge is 2.34. The van der Waals surface area contributed by atoms with E-state index in [4.69, 9.17) is 4.74 Å². The molecule has 1 aliphatic rings. The maximum Gasteiger partial charge on any atom is 0.227 e. The molecular formula is C27H27N5O3. The number of hydrogen-bond donors (Lipinski definition) is 1. The van der Waals surface area contributed by atoms with E-state index in [1.807, 2.05) is 65.6 Å². The van der Waals surface area contributed by atoms with Gasteiger partial charge in [-0.2, -0.15) is 0 Å². The summed E-state index contributed by atoms with van der Waals surface area (Å²) in [5.74, 6) is 1.11. The van der Waals surface area contributed by atoms with Crippen molar-refractivity contribution >= 4 is 22.7 Å². The first-order valence-corrected chi connectivity index (χ1v) is 11.6. The first-order chi connectivity index (χ1) is 17.0. The minimum atomic E-state index is -0.378. The van der Waals surface area contributed by atoms with Crippen molar-refractivity contribution in [2.45, 2.75) is 19.4 Å². The van der Waals surface area contributed by atoms with Gasteiger partial charge >= 0.3 is 0 Å². The Bertz CT molecular complexity index is 1370. The molecule has 5 rings (SSSR count). The third-order valence-corrected chi connectivity index (χ3v) is 6.43. The Labute approximate surface area is 203 Å². The van der Waals surface area contributed by atoms with Crippen LogP contribution < -0.4 is 4.74 Å². The van der Waals surface area contributed by atoms with Gasteiger partial charge in [-0.25, -0.2) is 9.97 Å². The Morgan fingerprint density at radius 2 is 1.86 bits per heavy atom. The van der Waals surface area contributed by atoms with Crippen LogP contribution in [0.1, 0.15) is 24.4 Å². The number of benzene rings is 2. The number of carbonyl (C=O) groups excluding carboxylic acids is 2. The average Bonchev–Trinajstić information content (AvgIpc) is 3.38. The van der Waals surface area contributed by atoms with Gasteiger partial charge in [-0.05, 0) is 17.7 Å². The van der Waals surface area contributed by atoms with E-state index in [-0.39, 0.29) is 17.9 Å². The van der Waals surface area contributed by atoms with Gasteiger partial charge in [-0.15, -0.1) is 0 Å². The van der Waals surface area contributed by atoms with Gasteiger partial charge in [-0.3, -0.25) is 9.59 Å². The molecular weight excluding hydrogens is 442 g/mol. The molecule has 0 saturated carbocycles. The lowest BCUT2D eigenvalue weighted by Crippen LogP contribution is -2.52. The summed E-state index contributed by atoms with van der Waals surface area (Å²) in [4.78, 5) is 41.7. The summed E-state index contributed by atoms with van der Waals surface area (Å²) in [6.45, 7) is 2.89. The number of H-pyrrole nitrogens is 1. The molecule has 2 aromatic heterocycles. The zero-order chi connectivity index (χ0) is 24.4. The largest absolute Gasteiger partial charge is 0.480 e. The summed E-state index contributed by atoms with van der Waals surface area (Å²) in [6, 6.07) is 19.2. The molecule has 0 spiro atoms. The fraction of sp³-hybridized carbons (Fsp3) is 0.259. The average molecular weight is 470 g/mol. The fourth-order valence-corrected chi connectivity index (χ4v) is 4.56. The van der Waals surface area contributed by atoms with Gasteiger partial charge in [-0.1, -0.05) is 48.5 Å². The van der Waals surface area contributed by atoms with Crippen LogP contribution in [-0.4, -0.2) is 63.3 Å². The SMILES string of the molecule is COc1nc2ccccc2cc1-c1cnc(C2CN(C(C)=O)CCN2C(=O)Cc2ccccc2)[nH]1. The highest BCUT2D eigenvalue weighted by Crippen LogP contribution is 2.32. The number of ether oxygens (including phenoxy) is 1. The van der Waals surface area contributed by atoms with Gasteiger partial charge < -0.3 is 19.5 Å². The van der Waals surface area contributed by atoms with Gasteiger partial charge in [0, 0.05) is 31.9 Å². The van der Waals surface area contributed by atoms with Gasteiger partial charge in [0.25, 0.3) is 0 Å². The Kier molecular flexibility index (Phi) is 6.18. The van der Waals surface area contributed by atoms with Crippen molar-refractivity contribution in [3.05, 3.63) is 78.2 Å². The number of hydrogen-bond acceptors (Lipinski definition) is 5. The number of aromatic nitrogens is 3. The van der Waals surface area contributed by atoms with Crippen LogP contribution in [0.4, 0.5) is 0 Å². The monoisotopic (exact) mass is 469 g/mol. The zero-order valence-electron chi connectivity index (χ0n) is 19.8. The van der Waals surface area contributed by atoms with E-state index in [0.29, 0.717) is 37.8 Å². The first kappa shape index (κ1) is 22.6. The smallest absolute Gasteiger partial charge is 0.227 e. The van der Waals surface area contributed by atoms with Crippen LogP contribution in [0.5, 0.6) is 5.88 Å². The number of pyridine rings is 1. The number of fused-ring (bicyclic) bond motifs is 1. The molecule has 2 aromatic carbocycles. The number of nitrogens with one attached hydrogen (secondary N) is 1. The molecule has 4 aromatic rings. The van der Waals surface area contributed by atoms with Crippen LogP contribution in [0.2, 0.25) is 0 Å². The van der Waals surface area contributed by atoms with Crippen molar-refractivity contribution in [3.8, 4) is 17.1 Å². The Morgan fingerprint density at radius 1 is 1.09 bits per heavy atom. The van der Waals surface area contributed by atoms with Crippen LogP contribution in [0.15, 0.2) is 66.9 Å². The molecule has 1 atom stereocenters. The molecule has 1 aliphatic heterocycles. The van der Waals surface area contributed by atoms with Gasteiger partial charge in [0.1, 0.15) is 11.9 Å². The van der Waals surface area contributed by atoms with E-state index in [0.717, 1.165) is 27.7 Å². The lowest BCUT2D eigenvalue weighted by atomic mass is 10.1. The summed E-state index contributed by atoms with van der Waals surface area (Å²) in [6.07, 6.45) is 2.03. The Morgan fingerprint density at radius 3 is 2.63 bits per heavy atom. The van der Waals surface area contributed by atoms with Crippen molar-refractivity contribution in [1.82, 2.24) is 24.8 Å². The number of carbonyl (C=O) groups is 2. The summed E-state index contributed by atoms with van der Waals surface area (Å²) >= 11 is 0. The Balaban J connectivity index is 1.48. The van der Waals surface area contributed by atoms with Crippen LogP contribution in [-0.2, 0) is 16.0 Å². The minimum absolute atomic E-state index is 0.00676. The molecule has 8 heteroatoms. The molecule has 0 radical (unpaired) electrons. The Hall–Kier alpha value is -4.20. The second-order valence-electron chi connectivity index (χ2n) is 8.65. The summed E-state index contributed by atoms with van der Waals surface area (Å²) in [5.41, 5.74) is 3.32. The third-order valence-electron chi connectivity index (χ3n) is 6.43. The molecule has 3 heterocycles. The zero-order valence-corrected chi connectivity index (χ0v) is 19.8. The highest BCUT2D eigenvalue weighted by atomic mass is 16.5. The maximum absolute atomic E-state index is 13.3. The molecule has 1 fully saturated rings. The number of methoxy groups -OCH3 is 1. The van der Waals surface area contributed by atoms with Crippen LogP contribution in [0, 0.1) is 0 Å². The van der Waals surface area contributed by atoms with Crippen molar-refractivity contribution in [1.29, 1.82) is 0 Å². The molecule has 1 unspecified atom stereocenters. The second-order valence-corrected chi connectivity index (χ2v) is 8.65. The number of aromatic amines is 1. The molecule has 35 heavy (non-hydrogen) atoms. The van der Waals surface area contributed by atoms with E-state index in [1.54, 1.807) is 25.1 Å². The number of nitrogens with zero attached hydrogens (tertiary/aromatic N) is 4. The van der Waals surface area contributed by atoms with Crippen LogP contribution in [0.3, 0.4) is 0 Å². The predicted octanol–water partition coefficient (Wildman–Crippen LogP) is 3.61. The number of para-hydroxylation sites is 1. The van der Waals surface area contributed by atoms with E-state index < -0.39 is 0 Å². The van der Waals surface area contributed by atoms with E-state index in [2.05, 4.69) is 15.0 Å². The van der Waals surface area contributed by atoms with Gasteiger partial charge in [0.15, 0.2) is 0 Å². The van der Waals surface area contributed by atoms with Gasteiger partial charge in [0.2, 0.25) is 17.7 Å². The third kappa shape index (κ3) is 4.59. The summed E-state index contributed by atoms with van der Waals surface area (Å²) in [7, 11) is 1.59. The van der Waals surface area contributed by atoms with E-state index >= 15 is 0 Å². The standard InChI is InChI=1S/C27H27N5O3/c1-18(33)31-12-13-32(25(34)14-19-8-4-3-5-9-19)24(17-31)26-28-16-23(29-26)21-15-20-10-6-7-11-22(20)30-27(21)35-2/h3-11,15-16,24H,12-14,17H2,1-2H3,(H,28,29). The van der Waals surface area contributed by atoms with Crippen molar-refractivity contribution < 1.29 is 14.3 Å². The van der Waals surface area contributed by atoms with Crippen LogP contribution in [0.25, 0.3) is 22.2 Å².